The van der Waals surface area contributed by atoms with Crippen molar-refractivity contribution < 1.29 is 38.9 Å². The third-order valence-corrected chi connectivity index (χ3v) is 6.14. The van der Waals surface area contributed by atoms with Crippen LogP contribution in [0.25, 0.3) is 0 Å². The number of nitrogens with zero attached hydrogens (tertiary/aromatic N) is 2. The molecule has 12 heteroatoms. The second-order valence-electron chi connectivity index (χ2n) is 6.89. The van der Waals surface area contributed by atoms with Crippen molar-refractivity contribution in [3.05, 3.63) is 46.7 Å². The van der Waals surface area contributed by atoms with Gasteiger partial charge in [0.1, 0.15) is 23.2 Å². The number of rotatable bonds is 7. The van der Waals surface area contributed by atoms with Crippen LogP contribution in [-0.2, 0) is 30.3 Å². The van der Waals surface area contributed by atoms with Gasteiger partial charge < -0.3 is 20.3 Å². The summed E-state index contributed by atoms with van der Waals surface area (Å²) in [5.41, 5.74) is -0.243. The molecule has 3 atom stereocenters. The molecule has 2 aliphatic heterocycles. The number of esters is 1. The number of β-lactam (4-membered cyclic amide) rings is 1. The Morgan fingerprint density at radius 1 is 1.28 bits per heavy atom. The topological polar surface area (TPSA) is 174 Å². The number of fused-ring (bicyclic) bond motifs is 1. The molecule has 11 nitrogen and oxygen atoms in total. The molecule has 0 spiro atoms. The molecule has 0 aromatic heterocycles. The van der Waals surface area contributed by atoms with Crippen molar-refractivity contribution in [2.24, 2.45) is 0 Å². The van der Waals surface area contributed by atoms with Crippen LogP contribution in [0.1, 0.15) is 22.8 Å². The van der Waals surface area contributed by atoms with E-state index >= 15 is 0 Å². The van der Waals surface area contributed by atoms with Gasteiger partial charge in [0.05, 0.1) is 12.0 Å². The minimum atomic E-state index is -1.47. The van der Waals surface area contributed by atoms with Crippen LogP contribution in [-0.4, -0.2) is 68.1 Å². The smallest absolute Gasteiger partial charge is 0.352 e. The quantitative estimate of drug-likeness (QED) is 0.375. The van der Waals surface area contributed by atoms with Crippen LogP contribution in [0.5, 0.6) is 0 Å². The van der Waals surface area contributed by atoms with Crippen LogP contribution in [0.15, 0.2) is 35.5 Å². The van der Waals surface area contributed by atoms with Crippen molar-refractivity contribution >= 4 is 41.5 Å². The fourth-order valence-electron chi connectivity index (χ4n) is 3.47. The highest BCUT2D eigenvalue weighted by Gasteiger charge is 2.55. The number of carboxylic acid groups (broad SMARTS) is 2. The summed E-state index contributed by atoms with van der Waals surface area (Å²) in [4.78, 5) is 60.4. The number of benzene rings is 1. The molecule has 2 aliphatic rings. The zero-order valence-electron chi connectivity index (χ0n) is 16.6. The molecule has 1 aromatic carbocycles. The Morgan fingerprint density at radius 2 is 1.97 bits per heavy atom. The zero-order chi connectivity index (χ0) is 23.6. The number of amides is 2. The van der Waals surface area contributed by atoms with Gasteiger partial charge in [-0.3, -0.25) is 19.3 Å². The average Bonchev–Trinajstić information content (AvgIpc) is 2.74. The van der Waals surface area contributed by atoms with Gasteiger partial charge in [-0.25, -0.2) is 9.59 Å². The maximum absolute atomic E-state index is 12.7. The average molecular weight is 459 g/mol. The van der Waals surface area contributed by atoms with Crippen LogP contribution in [0.4, 0.5) is 0 Å². The van der Waals surface area contributed by atoms with Crippen LogP contribution >= 0.6 is 11.8 Å². The molecule has 166 valence electrons. The zero-order valence-corrected chi connectivity index (χ0v) is 17.4. The van der Waals surface area contributed by atoms with Gasteiger partial charge in [0.2, 0.25) is 12.0 Å². The Bertz CT molecular complexity index is 1090. The van der Waals surface area contributed by atoms with Crippen molar-refractivity contribution in [1.29, 1.82) is 5.26 Å². The molecule has 2 amide bonds. The molecule has 3 rings (SSSR count). The van der Waals surface area contributed by atoms with E-state index in [-0.39, 0.29) is 28.9 Å². The summed E-state index contributed by atoms with van der Waals surface area (Å²) in [6, 6.07) is 6.65. The van der Waals surface area contributed by atoms with Crippen LogP contribution < -0.4 is 5.32 Å². The highest BCUT2D eigenvalue weighted by Crippen LogP contribution is 2.41. The molecule has 1 aromatic rings. The summed E-state index contributed by atoms with van der Waals surface area (Å²) in [5, 5.41) is 29.9. The highest BCUT2D eigenvalue weighted by atomic mass is 32.2. The second kappa shape index (κ2) is 9.11. The first-order chi connectivity index (χ1) is 15.1. The van der Waals surface area contributed by atoms with Gasteiger partial charge in [-0.1, -0.05) is 18.2 Å². The van der Waals surface area contributed by atoms with E-state index in [0.717, 1.165) is 23.6 Å². The maximum atomic E-state index is 12.7. The fraction of sp³-hybridized carbons (Fsp3) is 0.300. The molecule has 0 radical (unpaired) electrons. The third-order valence-electron chi connectivity index (χ3n) is 4.83. The first-order valence-corrected chi connectivity index (χ1v) is 10.3. The van der Waals surface area contributed by atoms with Crippen molar-refractivity contribution in [2.45, 2.75) is 30.9 Å². The number of carbonyl (C=O) groups excluding carboxylic acids is 3. The molecule has 0 bridgehead atoms. The summed E-state index contributed by atoms with van der Waals surface area (Å²) in [5.74, 6) is -4.73. The molecule has 1 unspecified atom stereocenters. The summed E-state index contributed by atoms with van der Waals surface area (Å²) in [6.07, 6.45) is -1.74. The number of carboxylic acids is 2. The Labute approximate surface area is 185 Å². The van der Waals surface area contributed by atoms with Gasteiger partial charge in [0, 0.05) is 18.2 Å². The van der Waals surface area contributed by atoms with E-state index in [1.807, 2.05) is 0 Å². The first-order valence-electron chi connectivity index (χ1n) is 9.24. The largest absolute Gasteiger partial charge is 0.478 e. The third kappa shape index (κ3) is 4.28. The Balaban J connectivity index is 1.77. The molecule has 32 heavy (non-hydrogen) atoms. The standard InChI is InChI=1S/C20H17N3O8S/c1-9(24)31-13(7-21)12-8-32-18-15(17(26)23(18)16(12)20(29)30)22-14(25)6-10-4-2-3-5-11(10)19(27)28/h2-5,13,15,18H,6,8H2,1H3,(H,22,25)(H,27,28)(H,29,30)/t13?,15-,18+/m0/s1. The molecular formula is C20H17N3O8S. The molecule has 0 saturated carbocycles. The lowest BCUT2D eigenvalue weighted by Gasteiger charge is -2.49. The Morgan fingerprint density at radius 3 is 2.56 bits per heavy atom. The lowest BCUT2D eigenvalue weighted by atomic mass is 9.99. The lowest BCUT2D eigenvalue weighted by molar-refractivity contribution is -0.151. The predicted octanol–water partition coefficient (Wildman–Crippen LogP) is 0.121. The van der Waals surface area contributed by atoms with E-state index in [2.05, 4.69) is 5.32 Å². The number of aromatic carboxylic acids is 1. The Kier molecular flexibility index (Phi) is 6.50. The van der Waals surface area contributed by atoms with Gasteiger partial charge in [0.25, 0.3) is 5.91 Å². The fourth-order valence-corrected chi connectivity index (χ4v) is 4.84. The van der Waals surface area contributed by atoms with Gasteiger partial charge in [-0.15, -0.1) is 11.8 Å². The number of carbonyl (C=O) groups is 5. The van der Waals surface area contributed by atoms with E-state index in [9.17, 15) is 39.4 Å². The summed E-state index contributed by atoms with van der Waals surface area (Å²) >= 11 is 1.11. The normalized spacial score (nSPS) is 20.4. The monoisotopic (exact) mass is 459 g/mol. The van der Waals surface area contributed by atoms with Crippen molar-refractivity contribution in [3.8, 4) is 6.07 Å². The van der Waals surface area contributed by atoms with Crippen molar-refractivity contribution in [3.63, 3.8) is 0 Å². The summed E-state index contributed by atoms with van der Waals surface area (Å²) in [7, 11) is 0. The van der Waals surface area contributed by atoms with E-state index in [1.165, 1.54) is 18.2 Å². The van der Waals surface area contributed by atoms with Crippen LogP contribution in [0, 0.1) is 11.3 Å². The second-order valence-corrected chi connectivity index (χ2v) is 8.00. The molecule has 1 fully saturated rings. The van der Waals surface area contributed by atoms with Gasteiger partial charge >= 0.3 is 17.9 Å². The number of thioether (sulfide) groups is 1. The van der Waals surface area contributed by atoms with E-state index in [1.54, 1.807) is 12.1 Å². The number of ether oxygens (including phenoxy) is 1. The van der Waals surface area contributed by atoms with E-state index in [4.69, 9.17) is 4.74 Å². The molecule has 3 N–H and O–H groups in total. The van der Waals surface area contributed by atoms with Crippen LogP contribution in [0.2, 0.25) is 0 Å². The lowest BCUT2D eigenvalue weighted by Crippen LogP contribution is -2.71. The minimum Gasteiger partial charge on any atom is -0.478 e. The highest BCUT2D eigenvalue weighted by molar-refractivity contribution is 8.00. The van der Waals surface area contributed by atoms with Crippen molar-refractivity contribution in [2.75, 3.05) is 5.75 Å². The van der Waals surface area contributed by atoms with Gasteiger partial charge in [-0.05, 0) is 11.6 Å². The number of nitriles is 1. The van der Waals surface area contributed by atoms with Crippen molar-refractivity contribution in [1.82, 2.24) is 10.2 Å². The minimum absolute atomic E-state index is 0.00416. The van der Waals surface area contributed by atoms with Gasteiger partial charge in [0.15, 0.2) is 0 Å². The summed E-state index contributed by atoms with van der Waals surface area (Å²) < 4.78 is 4.86. The van der Waals surface area contributed by atoms with Gasteiger partial charge in [-0.2, -0.15) is 5.26 Å². The molecular weight excluding hydrogens is 442 g/mol. The number of nitrogens with one attached hydrogen (secondary N) is 1. The molecule has 2 heterocycles. The summed E-state index contributed by atoms with van der Waals surface area (Å²) in [6.45, 7) is 1.08. The van der Waals surface area contributed by atoms with E-state index < -0.39 is 52.9 Å². The molecule has 1 saturated heterocycles. The predicted molar refractivity (Wildman–Crippen MR) is 108 cm³/mol. The Hall–Kier alpha value is -3.85. The SMILES string of the molecule is CC(=O)OC(C#N)C1=C(C(=O)O)N2C(=O)[C@H](NC(=O)Cc3ccccc3C(=O)O)[C@H]2SC1. The number of hydrogen-bond acceptors (Lipinski definition) is 8. The number of aliphatic carboxylic acids is 1. The first kappa shape index (κ1) is 22.8. The van der Waals surface area contributed by atoms with E-state index in [0.29, 0.717) is 0 Å². The number of hydrogen-bond donors (Lipinski definition) is 3. The van der Waals surface area contributed by atoms with Crippen LogP contribution in [0.3, 0.4) is 0 Å². The maximum Gasteiger partial charge on any atom is 0.352 e. The molecule has 0 aliphatic carbocycles.